The topological polar surface area (TPSA) is 66.9 Å². The number of carbonyl (C=O) groups excluding carboxylic acids is 1. The molecule has 0 fully saturated rings. The Kier molecular flexibility index (Phi) is 4.85. The summed E-state index contributed by atoms with van der Waals surface area (Å²) in [5, 5.41) is 8.97. The van der Waals surface area contributed by atoms with E-state index in [1.54, 1.807) is 36.7 Å². The summed E-state index contributed by atoms with van der Waals surface area (Å²) < 4.78 is 0. The number of nitrogens with zero attached hydrogens (tertiary/aromatic N) is 2. The molecule has 7 heteroatoms. The lowest BCUT2D eigenvalue weighted by Gasteiger charge is -2.06. The van der Waals surface area contributed by atoms with Gasteiger partial charge < -0.3 is 10.6 Å². The number of rotatable bonds is 4. The van der Waals surface area contributed by atoms with Crippen molar-refractivity contribution in [1.82, 2.24) is 15.3 Å². The zero-order valence-electron chi connectivity index (χ0n) is 12.0. The van der Waals surface area contributed by atoms with Crippen molar-refractivity contribution in [3.05, 3.63) is 64.9 Å². The van der Waals surface area contributed by atoms with E-state index in [0.29, 0.717) is 17.3 Å². The molecule has 116 valence electrons. The predicted octanol–water partition coefficient (Wildman–Crippen LogP) is 4.18. The molecule has 0 saturated carbocycles. The molecule has 0 aliphatic carbocycles. The predicted molar refractivity (Wildman–Crippen MR) is 92.7 cm³/mol. The van der Waals surface area contributed by atoms with Crippen LogP contribution in [-0.4, -0.2) is 16.0 Å². The molecule has 0 spiro atoms. The van der Waals surface area contributed by atoms with E-state index >= 15 is 0 Å². The summed E-state index contributed by atoms with van der Waals surface area (Å²) in [4.78, 5) is 20.3. The van der Waals surface area contributed by atoms with Gasteiger partial charge in [-0.15, -0.1) is 11.3 Å². The van der Waals surface area contributed by atoms with E-state index in [9.17, 15) is 4.79 Å². The first-order valence-electron chi connectivity index (χ1n) is 6.86. The van der Waals surface area contributed by atoms with Gasteiger partial charge in [0.15, 0.2) is 0 Å². The first-order chi connectivity index (χ1) is 11.2. The average Bonchev–Trinajstić information content (AvgIpc) is 3.05. The number of hydrogen-bond acceptors (Lipinski definition) is 4. The molecule has 1 aromatic carbocycles. The molecule has 2 heterocycles. The Morgan fingerprint density at radius 1 is 1.13 bits per heavy atom. The minimum absolute atomic E-state index is 0.286. The second kappa shape index (κ2) is 7.21. The third kappa shape index (κ3) is 4.28. The number of aromatic nitrogens is 2. The molecule has 0 atom stereocenters. The van der Waals surface area contributed by atoms with Crippen molar-refractivity contribution in [2.24, 2.45) is 0 Å². The number of thiazole rings is 1. The smallest absolute Gasteiger partial charge is 0.319 e. The molecule has 0 aliphatic rings. The second-order valence-corrected chi connectivity index (χ2v) is 5.99. The molecule has 0 radical (unpaired) electrons. The summed E-state index contributed by atoms with van der Waals surface area (Å²) >= 11 is 7.34. The molecule has 0 aliphatic heterocycles. The highest BCUT2D eigenvalue weighted by Crippen LogP contribution is 2.22. The third-order valence-electron chi connectivity index (χ3n) is 3.01. The number of carbonyl (C=O) groups is 1. The minimum atomic E-state index is -0.286. The van der Waals surface area contributed by atoms with Crippen LogP contribution in [0.2, 0.25) is 5.02 Å². The highest BCUT2D eigenvalue weighted by atomic mass is 35.5. The van der Waals surface area contributed by atoms with E-state index in [2.05, 4.69) is 20.6 Å². The summed E-state index contributed by atoms with van der Waals surface area (Å²) in [6.07, 6.45) is 3.46. The number of pyridine rings is 1. The van der Waals surface area contributed by atoms with Gasteiger partial charge in [-0.1, -0.05) is 11.6 Å². The van der Waals surface area contributed by atoms with Crippen LogP contribution >= 0.6 is 22.9 Å². The van der Waals surface area contributed by atoms with Crippen LogP contribution in [0.4, 0.5) is 10.5 Å². The van der Waals surface area contributed by atoms with Crippen molar-refractivity contribution >= 4 is 34.7 Å². The molecule has 5 nitrogen and oxygen atoms in total. The van der Waals surface area contributed by atoms with Crippen molar-refractivity contribution in [2.75, 3.05) is 5.32 Å². The number of amides is 2. The van der Waals surface area contributed by atoms with Crippen LogP contribution in [0.1, 0.15) is 5.69 Å². The molecular formula is C16H13ClN4OS. The van der Waals surface area contributed by atoms with E-state index in [0.717, 1.165) is 16.3 Å². The molecule has 3 aromatic rings. The number of anilines is 1. The van der Waals surface area contributed by atoms with Crippen molar-refractivity contribution < 1.29 is 4.79 Å². The maximum absolute atomic E-state index is 11.9. The first kappa shape index (κ1) is 15.5. The van der Waals surface area contributed by atoms with Gasteiger partial charge in [0.25, 0.3) is 0 Å². The van der Waals surface area contributed by atoms with Gasteiger partial charge in [-0.25, -0.2) is 9.78 Å². The van der Waals surface area contributed by atoms with Crippen molar-refractivity contribution in [2.45, 2.75) is 6.54 Å². The Morgan fingerprint density at radius 3 is 2.61 bits per heavy atom. The van der Waals surface area contributed by atoms with Gasteiger partial charge >= 0.3 is 6.03 Å². The normalized spacial score (nSPS) is 10.3. The maximum atomic E-state index is 11.9. The van der Waals surface area contributed by atoms with E-state index in [4.69, 9.17) is 11.6 Å². The standard InChI is InChI=1S/C16H13ClN4OS/c17-12-1-3-13(4-2-12)21-16(22)19-9-14-10-23-15(20-14)11-5-7-18-8-6-11/h1-8,10H,9H2,(H2,19,21,22). The third-order valence-corrected chi connectivity index (χ3v) is 4.20. The number of urea groups is 1. The largest absolute Gasteiger partial charge is 0.332 e. The quantitative estimate of drug-likeness (QED) is 0.746. The summed E-state index contributed by atoms with van der Waals surface area (Å²) in [7, 11) is 0. The van der Waals surface area contributed by atoms with Gasteiger partial charge in [-0.05, 0) is 36.4 Å². The van der Waals surface area contributed by atoms with Crippen LogP contribution < -0.4 is 10.6 Å². The van der Waals surface area contributed by atoms with Crippen LogP contribution in [0.3, 0.4) is 0 Å². The summed E-state index contributed by atoms with van der Waals surface area (Å²) in [6.45, 7) is 0.362. The van der Waals surface area contributed by atoms with Crippen molar-refractivity contribution in [3.63, 3.8) is 0 Å². The van der Waals surface area contributed by atoms with Crippen LogP contribution in [-0.2, 0) is 6.54 Å². The van der Waals surface area contributed by atoms with E-state index in [1.165, 1.54) is 11.3 Å². The molecule has 2 N–H and O–H groups in total. The van der Waals surface area contributed by atoms with Crippen molar-refractivity contribution in [3.8, 4) is 10.6 Å². The highest BCUT2D eigenvalue weighted by Gasteiger charge is 2.06. The van der Waals surface area contributed by atoms with E-state index in [-0.39, 0.29) is 6.03 Å². The van der Waals surface area contributed by atoms with Crippen LogP contribution in [0.25, 0.3) is 10.6 Å². The number of halogens is 1. The Bertz CT molecular complexity index is 789. The van der Waals surface area contributed by atoms with E-state index < -0.39 is 0 Å². The van der Waals surface area contributed by atoms with Gasteiger partial charge in [-0.3, -0.25) is 4.98 Å². The maximum Gasteiger partial charge on any atom is 0.319 e. The van der Waals surface area contributed by atoms with Crippen LogP contribution in [0.5, 0.6) is 0 Å². The summed E-state index contributed by atoms with van der Waals surface area (Å²) in [5.74, 6) is 0. The number of nitrogens with one attached hydrogen (secondary N) is 2. The molecular weight excluding hydrogens is 332 g/mol. The van der Waals surface area contributed by atoms with Crippen LogP contribution in [0, 0.1) is 0 Å². The summed E-state index contributed by atoms with van der Waals surface area (Å²) in [5.41, 5.74) is 2.51. The molecule has 0 unspecified atom stereocenters. The lowest BCUT2D eigenvalue weighted by Crippen LogP contribution is -2.28. The molecule has 2 amide bonds. The fourth-order valence-corrected chi connectivity index (χ4v) is 2.85. The Hall–Kier alpha value is -2.44. The molecule has 3 rings (SSSR count). The zero-order chi connectivity index (χ0) is 16.1. The fraction of sp³-hybridized carbons (Fsp3) is 0.0625. The lowest BCUT2D eigenvalue weighted by molar-refractivity contribution is 0.251. The molecule has 23 heavy (non-hydrogen) atoms. The second-order valence-electron chi connectivity index (χ2n) is 4.69. The van der Waals surface area contributed by atoms with Gasteiger partial charge in [0, 0.05) is 34.0 Å². The van der Waals surface area contributed by atoms with Gasteiger partial charge in [0.1, 0.15) is 5.01 Å². The van der Waals surface area contributed by atoms with Crippen LogP contribution in [0.15, 0.2) is 54.2 Å². The molecule has 0 saturated heterocycles. The molecule has 0 bridgehead atoms. The summed E-state index contributed by atoms with van der Waals surface area (Å²) in [6, 6.07) is 10.5. The zero-order valence-corrected chi connectivity index (χ0v) is 13.6. The lowest BCUT2D eigenvalue weighted by atomic mass is 10.3. The number of benzene rings is 1. The monoisotopic (exact) mass is 344 g/mol. The number of hydrogen-bond donors (Lipinski definition) is 2. The average molecular weight is 345 g/mol. The van der Waals surface area contributed by atoms with Gasteiger partial charge in [0.05, 0.1) is 12.2 Å². The minimum Gasteiger partial charge on any atom is -0.332 e. The first-order valence-corrected chi connectivity index (χ1v) is 8.12. The van der Waals surface area contributed by atoms with Gasteiger partial charge in [0.2, 0.25) is 0 Å². The SMILES string of the molecule is O=C(NCc1csc(-c2ccncc2)n1)Nc1ccc(Cl)cc1. The Labute approximate surface area is 142 Å². The Morgan fingerprint density at radius 2 is 1.87 bits per heavy atom. The van der Waals surface area contributed by atoms with E-state index in [1.807, 2.05) is 17.5 Å². The van der Waals surface area contributed by atoms with Crippen molar-refractivity contribution in [1.29, 1.82) is 0 Å². The van der Waals surface area contributed by atoms with Gasteiger partial charge in [-0.2, -0.15) is 0 Å². The Balaban J connectivity index is 1.55. The highest BCUT2D eigenvalue weighted by molar-refractivity contribution is 7.13. The molecule has 2 aromatic heterocycles. The fourth-order valence-electron chi connectivity index (χ4n) is 1.89.